The minimum atomic E-state index is 0.170. The van der Waals surface area contributed by atoms with E-state index < -0.39 is 0 Å². The van der Waals surface area contributed by atoms with Crippen molar-refractivity contribution in [1.82, 2.24) is 15.5 Å². The molecule has 0 aromatic heterocycles. The van der Waals surface area contributed by atoms with Gasteiger partial charge in [0.15, 0.2) is 0 Å². The number of nitrogens with one attached hydrogen (secondary N) is 2. The Labute approximate surface area is 111 Å². The van der Waals surface area contributed by atoms with E-state index in [1.807, 2.05) is 0 Å². The van der Waals surface area contributed by atoms with Crippen molar-refractivity contribution in [3.8, 4) is 0 Å². The summed E-state index contributed by atoms with van der Waals surface area (Å²) in [5.41, 5.74) is 0. The lowest BCUT2D eigenvalue weighted by Gasteiger charge is -2.30. The molecule has 1 aliphatic heterocycles. The third-order valence-electron chi connectivity index (χ3n) is 3.63. The van der Waals surface area contributed by atoms with Crippen LogP contribution in [-0.4, -0.2) is 50.1 Å². The lowest BCUT2D eigenvalue weighted by atomic mass is 9.99. The first kappa shape index (κ1) is 15.4. The summed E-state index contributed by atoms with van der Waals surface area (Å²) in [4.78, 5) is 14.0. The van der Waals surface area contributed by atoms with Gasteiger partial charge in [0.25, 0.3) is 0 Å². The predicted octanol–water partition coefficient (Wildman–Crippen LogP) is 1.22. The van der Waals surface area contributed by atoms with E-state index >= 15 is 0 Å². The van der Waals surface area contributed by atoms with Crippen LogP contribution in [0.1, 0.15) is 39.5 Å². The second kappa shape index (κ2) is 9.34. The number of hydrogen-bond acceptors (Lipinski definition) is 3. The zero-order valence-electron chi connectivity index (χ0n) is 12.0. The third-order valence-corrected chi connectivity index (χ3v) is 3.63. The van der Waals surface area contributed by atoms with Gasteiger partial charge in [-0.25, -0.2) is 0 Å². The topological polar surface area (TPSA) is 44.4 Å². The van der Waals surface area contributed by atoms with Crippen LogP contribution in [0, 0.1) is 5.92 Å². The highest BCUT2D eigenvalue weighted by Gasteiger charge is 2.14. The molecular weight excluding hydrogens is 226 g/mol. The van der Waals surface area contributed by atoms with Crippen molar-refractivity contribution in [2.75, 3.05) is 39.3 Å². The van der Waals surface area contributed by atoms with Gasteiger partial charge >= 0.3 is 0 Å². The fourth-order valence-electron chi connectivity index (χ4n) is 2.28. The molecule has 0 spiro atoms. The molecule has 2 N–H and O–H groups in total. The van der Waals surface area contributed by atoms with Crippen LogP contribution in [0.4, 0.5) is 0 Å². The Kier molecular flexibility index (Phi) is 8.01. The molecule has 0 unspecified atom stereocenters. The Balaban J connectivity index is 1.93. The van der Waals surface area contributed by atoms with Crippen LogP contribution in [0.25, 0.3) is 0 Å². The number of nitrogens with zero attached hydrogens (tertiary/aromatic N) is 1. The summed E-state index contributed by atoms with van der Waals surface area (Å²) < 4.78 is 0. The van der Waals surface area contributed by atoms with Crippen molar-refractivity contribution >= 4 is 5.91 Å². The van der Waals surface area contributed by atoms with Crippen molar-refractivity contribution in [2.45, 2.75) is 39.5 Å². The Hall–Kier alpha value is -0.610. The normalized spacial score (nSPS) is 17.9. The van der Waals surface area contributed by atoms with Crippen LogP contribution in [0.2, 0.25) is 0 Å². The van der Waals surface area contributed by atoms with E-state index in [1.165, 1.54) is 25.9 Å². The molecule has 1 saturated heterocycles. The molecule has 0 saturated carbocycles. The molecule has 1 aliphatic rings. The highest BCUT2D eigenvalue weighted by Crippen LogP contribution is 2.15. The van der Waals surface area contributed by atoms with E-state index in [4.69, 9.17) is 0 Å². The van der Waals surface area contributed by atoms with Crippen molar-refractivity contribution in [3.05, 3.63) is 0 Å². The van der Waals surface area contributed by atoms with Gasteiger partial charge in [0, 0.05) is 19.5 Å². The van der Waals surface area contributed by atoms with Gasteiger partial charge in [0.2, 0.25) is 5.91 Å². The summed E-state index contributed by atoms with van der Waals surface area (Å²) in [6, 6.07) is 0. The summed E-state index contributed by atoms with van der Waals surface area (Å²) in [7, 11) is 0. The molecular formula is C14H29N3O. The fraction of sp³-hybridized carbons (Fsp3) is 0.929. The summed E-state index contributed by atoms with van der Waals surface area (Å²) >= 11 is 0. The Bertz CT molecular complexity index is 225. The maximum Gasteiger partial charge on any atom is 0.221 e. The van der Waals surface area contributed by atoms with E-state index in [0.29, 0.717) is 6.42 Å². The molecule has 1 amide bonds. The molecule has 1 fully saturated rings. The Morgan fingerprint density at radius 3 is 2.67 bits per heavy atom. The molecule has 18 heavy (non-hydrogen) atoms. The average Bonchev–Trinajstić information content (AvgIpc) is 2.37. The first-order valence-corrected chi connectivity index (χ1v) is 7.42. The van der Waals surface area contributed by atoms with Gasteiger partial charge in [-0.3, -0.25) is 4.79 Å². The average molecular weight is 255 g/mol. The largest absolute Gasteiger partial charge is 0.356 e. The molecule has 0 aromatic carbocycles. The SMILES string of the molecule is CCNCCC(=O)NCCCN1CCC(C)CC1. The first-order chi connectivity index (χ1) is 8.72. The van der Waals surface area contributed by atoms with E-state index in [-0.39, 0.29) is 5.91 Å². The van der Waals surface area contributed by atoms with Gasteiger partial charge in [0.05, 0.1) is 0 Å². The van der Waals surface area contributed by atoms with E-state index in [1.54, 1.807) is 0 Å². The van der Waals surface area contributed by atoms with Gasteiger partial charge in [-0.05, 0) is 51.4 Å². The zero-order valence-corrected chi connectivity index (χ0v) is 12.0. The summed E-state index contributed by atoms with van der Waals surface area (Å²) in [6.45, 7) is 10.5. The van der Waals surface area contributed by atoms with Crippen LogP contribution in [0.15, 0.2) is 0 Å². The highest BCUT2D eigenvalue weighted by molar-refractivity contribution is 5.75. The monoisotopic (exact) mass is 255 g/mol. The van der Waals surface area contributed by atoms with Crippen LogP contribution in [-0.2, 0) is 4.79 Å². The number of carbonyl (C=O) groups excluding carboxylic acids is 1. The Morgan fingerprint density at radius 2 is 2.00 bits per heavy atom. The molecule has 0 aromatic rings. The van der Waals surface area contributed by atoms with Crippen LogP contribution < -0.4 is 10.6 Å². The second-order valence-corrected chi connectivity index (χ2v) is 5.33. The van der Waals surface area contributed by atoms with E-state index in [2.05, 4.69) is 29.4 Å². The molecule has 0 aliphatic carbocycles. The lowest BCUT2D eigenvalue weighted by Crippen LogP contribution is -2.35. The molecule has 1 heterocycles. The predicted molar refractivity (Wildman–Crippen MR) is 75.6 cm³/mol. The summed E-state index contributed by atoms with van der Waals surface area (Å²) in [6.07, 6.45) is 4.32. The molecule has 0 bridgehead atoms. The fourth-order valence-corrected chi connectivity index (χ4v) is 2.28. The molecule has 0 radical (unpaired) electrons. The van der Waals surface area contributed by atoms with Crippen LogP contribution in [0.5, 0.6) is 0 Å². The molecule has 4 heteroatoms. The van der Waals surface area contributed by atoms with Gasteiger partial charge in [0.1, 0.15) is 0 Å². The maximum atomic E-state index is 11.4. The van der Waals surface area contributed by atoms with E-state index in [9.17, 15) is 4.79 Å². The maximum absolute atomic E-state index is 11.4. The van der Waals surface area contributed by atoms with Crippen LogP contribution >= 0.6 is 0 Å². The first-order valence-electron chi connectivity index (χ1n) is 7.42. The number of likely N-dealkylation sites (tertiary alicyclic amines) is 1. The molecule has 106 valence electrons. The van der Waals surface area contributed by atoms with Gasteiger partial charge in [-0.1, -0.05) is 13.8 Å². The minimum Gasteiger partial charge on any atom is -0.356 e. The van der Waals surface area contributed by atoms with Gasteiger partial charge in [-0.15, -0.1) is 0 Å². The number of amides is 1. The quantitative estimate of drug-likeness (QED) is 0.641. The summed E-state index contributed by atoms with van der Waals surface area (Å²) in [5.74, 6) is 1.07. The number of hydrogen-bond donors (Lipinski definition) is 2. The Morgan fingerprint density at radius 1 is 1.28 bits per heavy atom. The van der Waals surface area contributed by atoms with Gasteiger partial charge < -0.3 is 15.5 Å². The molecule has 4 nitrogen and oxygen atoms in total. The van der Waals surface area contributed by atoms with Crippen molar-refractivity contribution in [3.63, 3.8) is 0 Å². The highest BCUT2D eigenvalue weighted by atomic mass is 16.1. The van der Waals surface area contributed by atoms with Crippen molar-refractivity contribution < 1.29 is 4.79 Å². The molecule has 0 atom stereocenters. The lowest BCUT2D eigenvalue weighted by molar-refractivity contribution is -0.121. The van der Waals surface area contributed by atoms with Crippen molar-refractivity contribution in [2.24, 2.45) is 5.92 Å². The number of carbonyl (C=O) groups is 1. The van der Waals surface area contributed by atoms with Gasteiger partial charge in [-0.2, -0.15) is 0 Å². The van der Waals surface area contributed by atoms with Crippen LogP contribution in [0.3, 0.4) is 0 Å². The third kappa shape index (κ3) is 6.97. The van der Waals surface area contributed by atoms with Crippen molar-refractivity contribution in [1.29, 1.82) is 0 Å². The number of piperidine rings is 1. The van der Waals surface area contributed by atoms with E-state index in [0.717, 1.165) is 38.5 Å². The number of rotatable bonds is 8. The minimum absolute atomic E-state index is 0.170. The summed E-state index contributed by atoms with van der Waals surface area (Å²) in [5, 5.41) is 6.14. The zero-order chi connectivity index (χ0) is 13.2. The smallest absolute Gasteiger partial charge is 0.221 e. The standard InChI is InChI=1S/C14H29N3O/c1-3-15-9-5-14(18)16-8-4-10-17-11-6-13(2)7-12-17/h13,15H,3-12H2,1-2H3,(H,16,18). The second-order valence-electron chi connectivity index (χ2n) is 5.33. The molecule has 1 rings (SSSR count).